The van der Waals surface area contributed by atoms with E-state index in [4.69, 9.17) is 0 Å². The summed E-state index contributed by atoms with van der Waals surface area (Å²) in [5.74, 6) is 2.97. The van der Waals surface area contributed by atoms with Gasteiger partial charge in [-0.25, -0.2) is 0 Å². The van der Waals surface area contributed by atoms with Crippen LogP contribution in [-0.4, -0.2) is 77.1 Å². The van der Waals surface area contributed by atoms with Crippen LogP contribution >= 0.6 is 0 Å². The van der Waals surface area contributed by atoms with E-state index in [0.717, 1.165) is 22.7 Å². The van der Waals surface area contributed by atoms with Gasteiger partial charge in [0.05, 0.1) is 26.2 Å². The van der Waals surface area contributed by atoms with Crippen LogP contribution in [0, 0.1) is 34.5 Å². The minimum Gasteiger partial charge on any atom is -0.391 e. The molecule has 6 unspecified atom stereocenters. The SMILES string of the molecule is C[C@]12CCC3C(CC[C@H]4C[C@H](O)C(N5CCCCC5)C[C@]34C)C1CC([N+]1(C)CCCCC1)C2O. The second-order valence-corrected chi connectivity index (χ2v) is 14.6. The summed E-state index contributed by atoms with van der Waals surface area (Å²) in [6.45, 7) is 10.1. The molecule has 6 fully saturated rings. The Morgan fingerprint density at radius 1 is 0.794 bits per heavy atom. The summed E-state index contributed by atoms with van der Waals surface area (Å²) in [5, 5.41) is 23.1. The van der Waals surface area contributed by atoms with Crippen LogP contribution in [0.4, 0.5) is 0 Å². The van der Waals surface area contributed by atoms with Gasteiger partial charge in [0.15, 0.2) is 0 Å². The lowest BCUT2D eigenvalue weighted by molar-refractivity contribution is -0.940. The molecule has 10 atom stereocenters. The Balaban J connectivity index is 1.25. The van der Waals surface area contributed by atoms with Crippen molar-refractivity contribution < 1.29 is 14.7 Å². The molecule has 6 aliphatic rings. The highest BCUT2D eigenvalue weighted by atomic mass is 16.3. The molecule has 0 aromatic carbocycles. The molecule has 2 saturated heterocycles. The van der Waals surface area contributed by atoms with Crippen molar-refractivity contribution in [3.63, 3.8) is 0 Å². The molecular weight excluding hydrogens is 420 g/mol. The van der Waals surface area contributed by atoms with E-state index < -0.39 is 0 Å². The number of likely N-dealkylation sites (tertiary alicyclic amines) is 2. The standard InChI is InChI=1S/C30H53N2O2/c1-29-13-12-23-22(24(29)19-26(28(29)34)32(3)16-8-5-9-17-32)11-10-21-18-27(33)25(20-30(21,23)2)31-14-6-4-7-15-31/h21-28,33-34H,4-20H2,1-3H3/q+1/t21-,22?,23?,24?,25?,26?,27-,28?,29-,30-/m0/s1. The van der Waals surface area contributed by atoms with Crippen LogP contribution in [0.5, 0.6) is 0 Å². The first-order valence-electron chi connectivity index (χ1n) is 15.2. The van der Waals surface area contributed by atoms with Gasteiger partial charge in [-0.2, -0.15) is 0 Å². The van der Waals surface area contributed by atoms with E-state index in [1.807, 2.05) is 0 Å². The lowest BCUT2D eigenvalue weighted by Crippen LogP contribution is -2.60. The molecule has 0 bridgehead atoms. The third kappa shape index (κ3) is 3.59. The molecule has 0 aromatic rings. The molecule has 4 nitrogen and oxygen atoms in total. The number of likely N-dealkylation sites (N-methyl/N-ethyl adjacent to an activating group) is 1. The van der Waals surface area contributed by atoms with Crippen LogP contribution in [0.1, 0.15) is 97.3 Å². The molecule has 0 radical (unpaired) electrons. The van der Waals surface area contributed by atoms with Gasteiger partial charge < -0.3 is 14.7 Å². The maximum atomic E-state index is 11.8. The zero-order valence-electron chi connectivity index (χ0n) is 22.4. The normalized spacial score (nSPS) is 53.6. The second-order valence-electron chi connectivity index (χ2n) is 14.6. The predicted octanol–water partition coefficient (Wildman–Crippen LogP) is 4.82. The molecule has 0 aromatic heterocycles. The maximum Gasteiger partial charge on any atom is 0.116 e. The van der Waals surface area contributed by atoms with Gasteiger partial charge in [0.1, 0.15) is 12.1 Å². The Kier molecular flexibility index (Phi) is 6.19. The number of aliphatic hydroxyl groups is 2. The van der Waals surface area contributed by atoms with E-state index in [1.54, 1.807) is 0 Å². The highest BCUT2D eigenvalue weighted by Gasteiger charge is 2.65. The van der Waals surface area contributed by atoms with Gasteiger partial charge in [0.2, 0.25) is 0 Å². The van der Waals surface area contributed by atoms with Gasteiger partial charge in [0, 0.05) is 17.9 Å². The number of nitrogens with zero attached hydrogens (tertiary/aromatic N) is 2. The topological polar surface area (TPSA) is 43.7 Å². The fourth-order valence-electron chi connectivity index (χ4n) is 11.0. The van der Waals surface area contributed by atoms with Crippen molar-refractivity contribution in [3.8, 4) is 0 Å². The molecule has 34 heavy (non-hydrogen) atoms. The van der Waals surface area contributed by atoms with E-state index in [1.165, 1.54) is 103 Å². The fraction of sp³-hybridized carbons (Fsp3) is 1.00. The molecule has 194 valence electrons. The number of fused-ring (bicyclic) bond motifs is 5. The molecule has 2 N–H and O–H groups in total. The Morgan fingerprint density at radius 2 is 1.50 bits per heavy atom. The van der Waals surface area contributed by atoms with Gasteiger partial charge in [-0.3, -0.25) is 4.90 Å². The lowest BCUT2D eigenvalue weighted by Gasteiger charge is -2.62. The fourth-order valence-corrected chi connectivity index (χ4v) is 11.0. The van der Waals surface area contributed by atoms with E-state index >= 15 is 0 Å². The molecule has 4 saturated carbocycles. The lowest BCUT2D eigenvalue weighted by atomic mass is 9.44. The van der Waals surface area contributed by atoms with Crippen molar-refractivity contribution in [1.29, 1.82) is 0 Å². The molecular formula is C30H53N2O2+. The molecule has 6 rings (SSSR count). The molecule has 0 spiro atoms. The van der Waals surface area contributed by atoms with E-state index in [2.05, 4.69) is 25.8 Å². The third-order valence-corrected chi connectivity index (χ3v) is 13.2. The quantitative estimate of drug-likeness (QED) is 0.565. The van der Waals surface area contributed by atoms with Crippen molar-refractivity contribution in [2.45, 2.75) is 122 Å². The minimum absolute atomic E-state index is 0.119. The largest absolute Gasteiger partial charge is 0.391 e. The first kappa shape index (κ1) is 24.2. The van der Waals surface area contributed by atoms with Crippen molar-refractivity contribution >= 4 is 0 Å². The van der Waals surface area contributed by atoms with Crippen LogP contribution in [0.3, 0.4) is 0 Å². The number of aliphatic hydroxyl groups excluding tert-OH is 2. The summed E-state index contributed by atoms with van der Waals surface area (Å²) in [7, 11) is 2.47. The van der Waals surface area contributed by atoms with Crippen LogP contribution in [0.2, 0.25) is 0 Å². The number of hydrogen-bond acceptors (Lipinski definition) is 3. The number of rotatable bonds is 2. The Labute approximate surface area is 209 Å². The Morgan fingerprint density at radius 3 is 2.24 bits per heavy atom. The van der Waals surface area contributed by atoms with Gasteiger partial charge in [-0.05, 0) is 113 Å². The van der Waals surface area contributed by atoms with Gasteiger partial charge in [0.25, 0.3) is 0 Å². The summed E-state index contributed by atoms with van der Waals surface area (Å²) >= 11 is 0. The zero-order chi connectivity index (χ0) is 23.7. The van der Waals surface area contributed by atoms with E-state index in [9.17, 15) is 10.2 Å². The zero-order valence-corrected chi connectivity index (χ0v) is 22.4. The van der Waals surface area contributed by atoms with E-state index in [0.29, 0.717) is 29.3 Å². The van der Waals surface area contributed by atoms with Crippen LogP contribution < -0.4 is 0 Å². The van der Waals surface area contributed by atoms with Gasteiger partial charge >= 0.3 is 0 Å². The first-order valence-corrected chi connectivity index (χ1v) is 15.2. The van der Waals surface area contributed by atoms with Crippen molar-refractivity contribution in [3.05, 3.63) is 0 Å². The smallest absolute Gasteiger partial charge is 0.116 e. The number of quaternary nitrogens is 1. The van der Waals surface area contributed by atoms with Gasteiger partial charge in [-0.15, -0.1) is 0 Å². The van der Waals surface area contributed by atoms with Crippen molar-refractivity contribution in [2.24, 2.45) is 34.5 Å². The van der Waals surface area contributed by atoms with Crippen LogP contribution in [0.25, 0.3) is 0 Å². The van der Waals surface area contributed by atoms with Crippen LogP contribution in [0.15, 0.2) is 0 Å². The maximum absolute atomic E-state index is 11.8. The second kappa shape index (κ2) is 8.71. The highest BCUT2D eigenvalue weighted by molar-refractivity contribution is 5.13. The number of hydrogen-bond donors (Lipinski definition) is 2. The van der Waals surface area contributed by atoms with Crippen LogP contribution in [-0.2, 0) is 0 Å². The first-order chi connectivity index (χ1) is 16.3. The Bertz CT molecular complexity index is 746. The van der Waals surface area contributed by atoms with Crippen molar-refractivity contribution in [2.75, 3.05) is 33.2 Å². The predicted molar refractivity (Wildman–Crippen MR) is 137 cm³/mol. The molecule has 4 aliphatic carbocycles. The average molecular weight is 474 g/mol. The monoisotopic (exact) mass is 473 g/mol. The molecule has 4 heteroatoms. The average Bonchev–Trinajstić information content (AvgIpc) is 3.12. The van der Waals surface area contributed by atoms with E-state index in [-0.39, 0.29) is 17.6 Å². The highest BCUT2D eigenvalue weighted by Crippen LogP contribution is 2.67. The molecule has 2 heterocycles. The summed E-state index contributed by atoms with van der Waals surface area (Å²) in [6, 6.07) is 0.835. The minimum atomic E-state index is -0.124. The Hall–Kier alpha value is -0.160. The summed E-state index contributed by atoms with van der Waals surface area (Å²) in [6.07, 6.45) is 16.5. The summed E-state index contributed by atoms with van der Waals surface area (Å²) < 4.78 is 1.13. The molecule has 0 amide bonds. The van der Waals surface area contributed by atoms with Gasteiger partial charge in [-0.1, -0.05) is 20.3 Å². The summed E-state index contributed by atoms with van der Waals surface area (Å²) in [4.78, 5) is 2.67. The number of piperidine rings is 2. The third-order valence-electron chi connectivity index (χ3n) is 13.2. The van der Waals surface area contributed by atoms with Crippen molar-refractivity contribution in [1.82, 2.24) is 4.90 Å². The molecule has 2 aliphatic heterocycles. The summed E-state index contributed by atoms with van der Waals surface area (Å²) in [5.41, 5.74) is 0.492.